The Morgan fingerprint density at radius 3 is 3.08 bits per heavy atom. The summed E-state index contributed by atoms with van der Waals surface area (Å²) in [4.78, 5) is 0. The quantitative estimate of drug-likeness (QED) is 0.522. The van der Waals surface area contributed by atoms with E-state index in [1.807, 2.05) is 6.07 Å². The third-order valence-corrected chi connectivity index (χ3v) is 3.10. The number of para-hydroxylation sites is 1. The van der Waals surface area contributed by atoms with Gasteiger partial charge < -0.3 is 4.74 Å². The number of benzene rings is 1. The molecule has 0 saturated carbocycles. The molecule has 1 nitrogen and oxygen atoms in total. The van der Waals surface area contributed by atoms with E-state index in [1.54, 1.807) is 0 Å². The van der Waals surface area contributed by atoms with Crippen molar-refractivity contribution in [3.05, 3.63) is 29.8 Å². The van der Waals surface area contributed by atoms with E-state index < -0.39 is 0 Å². The van der Waals surface area contributed by atoms with E-state index in [0.29, 0.717) is 3.92 Å². The maximum atomic E-state index is 5.65. The van der Waals surface area contributed by atoms with Gasteiger partial charge in [0.1, 0.15) is 5.75 Å². The Balaban J connectivity index is 2.26. The van der Waals surface area contributed by atoms with Crippen LogP contribution < -0.4 is 4.74 Å². The van der Waals surface area contributed by atoms with Crippen LogP contribution in [0.5, 0.6) is 5.75 Å². The Bertz CT molecular complexity index is 245. The molecule has 0 aliphatic carbocycles. The first-order chi connectivity index (χ1) is 5.86. The lowest BCUT2D eigenvalue weighted by Gasteiger charge is -2.06. The molecule has 1 aliphatic heterocycles. The molecule has 64 valence electrons. The molecule has 12 heavy (non-hydrogen) atoms. The van der Waals surface area contributed by atoms with Crippen LogP contribution in [0.1, 0.15) is 12.0 Å². The van der Waals surface area contributed by atoms with Crippen molar-refractivity contribution in [2.75, 3.05) is 6.61 Å². The molecule has 2 rings (SSSR count). The molecule has 0 fully saturated rings. The highest BCUT2D eigenvalue weighted by Crippen LogP contribution is 2.25. The van der Waals surface area contributed by atoms with Gasteiger partial charge in [0.15, 0.2) is 0 Å². The first-order valence-corrected chi connectivity index (χ1v) is 5.45. The largest absolute Gasteiger partial charge is 0.492 e. The summed E-state index contributed by atoms with van der Waals surface area (Å²) in [6.07, 6.45) is 2.39. The summed E-state index contributed by atoms with van der Waals surface area (Å²) in [6.45, 7) is 0.859. The van der Waals surface area contributed by atoms with Crippen LogP contribution in [0.15, 0.2) is 24.3 Å². The lowest BCUT2D eigenvalue weighted by atomic mass is 10.1. The molecule has 0 saturated heterocycles. The molecule has 1 unspecified atom stereocenters. The highest BCUT2D eigenvalue weighted by molar-refractivity contribution is 14.1. The number of rotatable bonds is 0. The highest BCUT2D eigenvalue weighted by Gasteiger charge is 2.13. The van der Waals surface area contributed by atoms with Gasteiger partial charge in [0.25, 0.3) is 0 Å². The number of halogens is 1. The molecule has 0 spiro atoms. The van der Waals surface area contributed by atoms with Gasteiger partial charge in [-0.05, 0) is 24.5 Å². The lowest BCUT2D eigenvalue weighted by Crippen LogP contribution is -2.07. The molecule has 1 atom stereocenters. The minimum Gasteiger partial charge on any atom is -0.492 e. The predicted octanol–water partition coefficient (Wildman–Crippen LogP) is 2.82. The molecule has 1 aromatic carbocycles. The summed E-state index contributed by atoms with van der Waals surface area (Å²) < 4.78 is 6.32. The van der Waals surface area contributed by atoms with E-state index in [4.69, 9.17) is 4.74 Å². The summed E-state index contributed by atoms with van der Waals surface area (Å²) in [5, 5.41) is 0. The van der Waals surface area contributed by atoms with Crippen molar-refractivity contribution in [3.63, 3.8) is 0 Å². The number of aryl methyl sites for hydroxylation is 1. The number of fused-ring (bicyclic) bond motifs is 1. The van der Waals surface area contributed by atoms with Gasteiger partial charge in [-0.25, -0.2) is 0 Å². The lowest BCUT2D eigenvalue weighted by molar-refractivity contribution is 0.326. The first-order valence-electron chi connectivity index (χ1n) is 4.21. The zero-order valence-corrected chi connectivity index (χ0v) is 8.95. The molecule has 1 aliphatic rings. The van der Waals surface area contributed by atoms with Gasteiger partial charge in [0.2, 0.25) is 0 Å². The Morgan fingerprint density at radius 2 is 2.17 bits per heavy atom. The second kappa shape index (κ2) is 3.64. The minimum absolute atomic E-state index is 0.662. The first kappa shape index (κ1) is 8.35. The molecule has 1 aromatic rings. The van der Waals surface area contributed by atoms with E-state index in [2.05, 4.69) is 40.8 Å². The van der Waals surface area contributed by atoms with Crippen molar-refractivity contribution in [3.8, 4) is 5.75 Å². The summed E-state index contributed by atoms with van der Waals surface area (Å²) in [5.41, 5.74) is 1.36. The average Bonchev–Trinajstić information content (AvgIpc) is 2.29. The van der Waals surface area contributed by atoms with Crippen LogP contribution in [-0.2, 0) is 6.42 Å². The highest BCUT2D eigenvalue weighted by atomic mass is 127. The predicted molar refractivity (Wildman–Crippen MR) is 58.1 cm³/mol. The van der Waals surface area contributed by atoms with Crippen molar-refractivity contribution >= 4 is 22.6 Å². The fraction of sp³-hybridized carbons (Fsp3) is 0.400. The van der Waals surface area contributed by atoms with E-state index in [1.165, 1.54) is 12.0 Å². The second-order valence-corrected chi connectivity index (χ2v) is 4.82. The van der Waals surface area contributed by atoms with Crippen LogP contribution in [0.25, 0.3) is 0 Å². The van der Waals surface area contributed by atoms with Gasteiger partial charge in [-0.3, -0.25) is 0 Å². The minimum atomic E-state index is 0.662. The molecule has 1 heterocycles. The Kier molecular flexibility index (Phi) is 2.54. The molecule has 2 heteroatoms. The van der Waals surface area contributed by atoms with Gasteiger partial charge in [0, 0.05) is 3.92 Å². The van der Waals surface area contributed by atoms with Crippen molar-refractivity contribution in [2.45, 2.75) is 16.8 Å². The molecular weight excluding hydrogens is 263 g/mol. The van der Waals surface area contributed by atoms with Crippen molar-refractivity contribution in [1.82, 2.24) is 0 Å². The van der Waals surface area contributed by atoms with Crippen LogP contribution in [-0.4, -0.2) is 10.5 Å². The van der Waals surface area contributed by atoms with Gasteiger partial charge in [-0.15, -0.1) is 0 Å². The summed E-state index contributed by atoms with van der Waals surface area (Å²) in [7, 11) is 0. The third kappa shape index (κ3) is 1.73. The van der Waals surface area contributed by atoms with Crippen molar-refractivity contribution in [2.24, 2.45) is 0 Å². The summed E-state index contributed by atoms with van der Waals surface area (Å²) in [5.74, 6) is 1.08. The van der Waals surface area contributed by atoms with Gasteiger partial charge in [-0.2, -0.15) is 0 Å². The van der Waals surface area contributed by atoms with Gasteiger partial charge in [0.05, 0.1) is 6.61 Å². The summed E-state index contributed by atoms with van der Waals surface area (Å²) >= 11 is 2.45. The Labute approximate surface area is 86.3 Å². The second-order valence-electron chi connectivity index (χ2n) is 3.05. The monoisotopic (exact) mass is 274 g/mol. The zero-order chi connectivity index (χ0) is 8.39. The molecule has 0 aromatic heterocycles. The normalized spacial score (nSPS) is 22.2. The van der Waals surface area contributed by atoms with Gasteiger partial charge in [-0.1, -0.05) is 40.8 Å². The van der Waals surface area contributed by atoms with Crippen LogP contribution >= 0.6 is 22.6 Å². The third-order valence-electron chi connectivity index (χ3n) is 2.12. The van der Waals surface area contributed by atoms with Crippen LogP contribution in [0.2, 0.25) is 0 Å². The van der Waals surface area contributed by atoms with E-state index in [0.717, 1.165) is 18.8 Å². The van der Waals surface area contributed by atoms with Crippen LogP contribution in [0.3, 0.4) is 0 Å². The molecule has 0 radical (unpaired) electrons. The van der Waals surface area contributed by atoms with E-state index in [9.17, 15) is 0 Å². The number of hydrogen-bond acceptors (Lipinski definition) is 1. The fourth-order valence-corrected chi connectivity index (χ4v) is 1.92. The standard InChI is InChI=1S/C10H11IO/c11-9-6-5-8-3-1-2-4-10(8)12-7-9/h1-4,9H,5-7H2. The Morgan fingerprint density at radius 1 is 1.33 bits per heavy atom. The SMILES string of the molecule is IC1CCc2ccccc2OC1. The molecular formula is C10H11IO. The Hall–Kier alpha value is -0.250. The zero-order valence-electron chi connectivity index (χ0n) is 6.79. The van der Waals surface area contributed by atoms with Crippen LogP contribution in [0.4, 0.5) is 0 Å². The smallest absolute Gasteiger partial charge is 0.122 e. The summed E-state index contributed by atoms with van der Waals surface area (Å²) in [6, 6.07) is 8.33. The van der Waals surface area contributed by atoms with Crippen molar-refractivity contribution in [1.29, 1.82) is 0 Å². The van der Waals surface area contributed by atoms with Crippen LogP contribution in [0, 0.1) is 0 Å². The number of hydrogen-bond donors (Lipinski definition) is 0. The van der Waals surface area contributed by atoms with Gasteiger partial charge >= 0.3 is 0 Å². The fourth-order valence-electron chi connectivity index (χ4n) is 1.43. The molecule has 0 N–H and O–H groups in total. The number of ether oxygens (including phenoxy) is 1. The number of alkyl halides is 1. The maximum Gasteiger partial charge on any atom is 0.122 e. The maximum absolute atomic E-state index is 5.65. The average molecular weight is 274 g/mol. The molecule has 0 bridgehead atoms. The topological polar surface area (TPSA) is 9.23 Å². The van der Waals surface area contributed by atoms with Crippen molar-refractivity contribution < 1.29 is 4.74 Å². The van der Waals surface area contributed by atoms with E-state index in [-0.39, 0.29) is 0 Å². The van der Waals surface area contributed by atoms with E-state index >= 15 is 0 Å². The molecule has 0 amide bonds.